The highest BCUT2D eigenvalue weighted by atomic mass is 32.1. The highest BCUT2D eigenvalue weighted by Crippen LogP contribution is 2.28. The van der Waals surface area contributed by atoms with Crippen LogP contribution >= 0.6 is 22.7 Å². The minimum Gasteiger partial charge on any atom is -0.456 e. The van der Waals surface area contributed by atoms with Crippen LogP contribution in [0.3, 0.4) is 0 Å². The number of carbonyl (C=O) groups excluding carboxylic acids is 1. The Morgan fingerprint density at radius 1 is 1.27 bits per heavy atom. The third-order valence-electron chi connectivity index (χ3n) is 2.86. The van der Waals surface area contributed by atoms with Crippen LogP contribution in [-0.2, 0) is 11.3 Å². The minimum atomic E-state index is -0.456. The molecule has 2 aromatic heterocycles. The van der Waals surface area contributed by atoms with Crippen molar-refractivity contribution in [1.82, 2.24) is 4.98 Å². The van der Waals surface area contributed by atoms with Gasteiger partial charge in [-0.3, -0.25) is 0 Å². The van der Waals surface area contributed by atoms with E-state index in [1.807, 2.05) is 29.0 Å². The van der Waals surface area contributed by atoms with Gasteiger partial charge in [0.2, 0.25) is 0 Å². The normalized spacial score (nSPS) is 10.1. The largest absolute Gasteiger partial charge is 0.456 e. The van der Waals surface area contributed by atoms with Crippen LogP contribution in [-0.4, -0.2) is 11.0 Å². The molecule has 3 aromatic rings. The second-order valence-electron chi connectivity index (χ2n) is 4.39. The van der Waals surface area contributed by atoms with E-state index >= 15 is 0 Å². The van der Waals surface area contributed by atoms with Crippen LogP contribution in [0.15, 0.2) is 47.2 Å². The maximum absolute atomic E-state index is 12.0. The summed E-state index contributed by atoms with van der Waals surface area (Å²) in [4.78, 5) is 17.5. The lowest BCUT2D eigenvalue weighted by Gasteiger charge is -2.03. The molecule has 0 aliphatic rings. The van der Waals surface area contributed by atoms with E-state index in [4.69, 9.17) is 10.00 Å². The number of benzene rings is 1. The van der Waals surface area contributed by atoms with E-state index in [1.165, 1.54) is 17.4 Å². The first-order valence-electron chi connectivity index (χ1n) is 6.42. The zero-order valence-electron chi connectivity index (χ0n) is 11.4. The van der Waals surface area contributed by atoms with Crippen molar-refractivity contribution >= 4 is 28.6 Å². The molecule has 1 aromatic carbocycles. The van der Waals surface area contributed by atoms with Crippen LogP contribution in [0.1, 0.15) is 21.6 Å². The molecule has 2 heterocycles. The van der Waals surface area contributed by atoms with Crippen molar-refractivity contribution in [3.05, 3.63) is 64.0 Å². The molecular formula is C16H10N2O2S2. The van der Waals surface area contributed by atoms with E-state index in [-0.39, 0.29) is 6.61 Å². The molecule has 0 aliphatic heterocycles. The predicted octanol–water partition coefficient (Wildman–Crippen LogP) is 4.10. The van der Waals surface area contributed by atoms with Crippen molar-refractivity contribution in [1.29, 1.82) is 5.26 Å². The number of ether oxygens (including phenoxy) is 1. The summed E-state index contributed by atoms with van der Waals surface area (Å²) in [7, 11) is 0. The molecule has 0 aliphatic carbocycles. The van der Waals surface area contributed by atoms with Gasteiger partial charge in [-0.1, -0.05) is 12.1 Å². The molecule has 0 N–H and O–H groups in total. The second-order valence-corrected chi connectivity index (χ2v) is 6.20. The lowest BCUT2D eigenvalue weighted by molar-refractivity contribution is 0.0468. The number of nitriles is 1. The first-order valence-corrected chi connectivity index (χ1v) is 8.18. The van der Waals surface area contributed by atoms with Crippen LogP contribution in [0.4, 0.5) is 0 Å². The van der Waals surface area contributed by atoms with Crippen LogP contribution in [0.2, 0.25) is 0 Å². The quantitative estimate of drug-likeness (QED) is 0.677. The molecule has 0 saturated carbocycles. The molecule has 0 amide bonds. The molecule has 3 rings (SSSR count). The monoisotopic (exact) mass is 326 g/mol. The Labute approximate surface area is 135 Å². The van der Waals surface area contributed by atoms with E-state index in [2.05, 4.69) is 4.98 Å². The molecule has 0 bridgehead atoms. The Morgan fingerprint density at radius 3 is 2.95 bits per heavy atom. The van der Waals surface area contributed by atoms with E-state index in [1.54, 1.807) is 29.5 Å². The van der Waals surface area contributed by atoms with Gasteiger partial charge in [-0.15, -0.1) is 22.7 Å². The van der Waals surface area contributed by atoms with Gasteiger partial charge < -0.3 is 4.74 Å². The molecule has 108 valence electrons. The lowest BCUT2D eigenvalue weighted by atomic mass is 10.1. The number of thiophene rings is 1. The van der Waals surface area contributed by atoms with Crippen molar-refractivity contribution in [3.8, 4) is 16.0 Å². The van der Waals surface area contributed by atoms with Gasteiger partial charge in [-0.2, -0.15) is 5.26 Å². The standard InChI is InChI=1S/C16H10N2O2S2/c17-8-11-3-1-4-12(7-11)16(19)20-9-13-10-22-15(18-13)14-5-2-6-21-14/h1-7,10H,9H2. The van der Waals surface area contributed by atoms with Crippen LogP contribution < -0.4 is 0 Å². The van der Waals surface area contributed by atoms with Gasteiger partial charge in [0.1, 0.15) is 11.6 Å². The van der Waals surface area contributed by atoms with E-state index in [0.29, 0.717) is 11.1 Å². The Hall–Kier alpha value is -2.49. The topological polar surface area (TPSA) is 63.0 Å². The summed E-state index contributed by atoms with van der Waals surface area (Å²) in [5, 5.41) is 13.6. The molecule has 0 saturated heterocycles. The van der Waals surface area contributed by atoms with Gasteiger partial charge in [-0.05, 0) is 29.6 Å². The third kappa shape index (κ3) is 3.22. The SMILES string of the molecule is N#Cc1cccc(C(=O)OCc2csc(-c3cccs3)n2)c1. The fourth-order valence-corrected chi connectivity index (χ4v) is 3.44. The first-order chi connectivity index (χ1) is 10.8. The highest BCUT2D eigenvalue weighted by Gasteiger charge is 2.10. The van der Waals surface area contributed by atoms with Gasteiger partial charge in [-0.25, -0.2) is 9.78 Å². The molecule has 0 spiro atoms. The zero-order chi connectivity index (χ0) is 15.4. The van der Waals surface area contributed by atoms with Gasteiger partial charge >= 0.3 is 5.97 Å². The number of aromatic nitrogens is 1. The maximum atomic E-state index is 12.0. The highest BCUT2D eigenvalue weighted by molar-refractivity contribution is 7.20. The molecule has 0 atom stereocenters. The number of hydrogen-bond acceptors (Lipinski definition) is 6. The Bertz CT molecular complexity index is 832. The Balaban J connectivity index is 1.65. The van der Waals surface area contributed by atoms with Crippen molar-refractivity contribution in [2.45, 2.75) is 6.61 Å². The number of carbonyl (C=O) groups is 1. The van der Waals surface area contributed by atoms with Crippen molar-refractivity contribution in [2.75, 3.05) is 0 Å². The van der Waals surface area contributed by atoms with E-state index in [0.717, 1.165) is 15.6 Å². The molecule has 22 heavy (non-hydrogen) atoms. The molecule has 0 unspecified atom stereocenters. The third-order valence-corrected chi connectivity index (χ3v) is 4.79. The van der Waals surface area contributed by atoms with Crippen molar-refractivity contribution in [3.63, 3.8) is 0 Å². The summed E-state index contributed by atoms with van der Waals surface area (Å²) in [6.07, 6.45) is 0. The van der Waals surface area contributed by atoms with E-state index in [9.17, 15) is 4.79 Å². The number of hydrogen-bond donors (Lipinski definition) is 0. The molecule has 4 nitrogen and oxygen atoms in total. The van der Waals surface area contributed by atoms with Crippen molar-refractivity contribution in [2.24, 2.45) is 0 Å². The van der Waals surface area contributed by atoms with Crippen LogP contribution in [0.25, 0.3) is 9.88 Å². The number of nitrogens with zero attached hydrogens (tertiary/aromatic N) is 2. The second kappa shape index (κ2) is 6.52. The summed E-state index contributed by atoms with van der Waals surface area (Å²) >= 11 is 3.15. The molecule has 0 fully saturated rings. The summed E-state index contributed by atoms with van der Waals surface area (Å²) in [5.74, 6) is -0.456. The fraction of sp³-hybridized carbons (Fsp3) is 0.0625. The van der Waals surface area contributed by atoms with Crippen LogP contribution in [0.5, 0.6) is 0 Å². The van der Waals surface area contributed by atoms with E-state index < -0.39 is 5.97 Å². The summed E-state index contributed by atoms with van der Waals surface area (Å²) in [6, 6.07) is 12.4. The molecule has 0 radical (unpaired) electrons. The van der Waals surface area contributed by atoms with Crippen molar-refractivity contribution < 1.29 is 9.53 Å². The number of rotatable bonds is 4. The lowest BCUT2D eigenvalue weighted by Crippen LogP contribution is -2.05. The summed E-state index contributed by atoms with van der Waals surface area (Å²) < 4.78 is 5.24. The first kappa shape index (κ1) is 14.4. The number of thiazole rings is 1. The summed E-state index contributed by atoms with van der Waals surface area (Å²) in [5.41, 5.74) is 1.52. The molecule has 6 heteroatoms. The maximum Gasteiger partial charge on any atom is 0.338 e. The Morgan fingerprint density at radius 2 is 2.18 bits per heavy atom. The van der Waals surface area contributed by atoms with Gasteiger partial charge in [0, 0.05) is 5.38 Å². The fourth-order valence-electron chi connectivity index (χ4n) is 1.83. The van der Waals surface area contributed by atoms with Crippen LogP contribution in [0, 0.1) is 11.3 Å². The summed E-state index contributed by atoms with van der Waals surface area (Å²) in [6.45, 7) is 0.123. The Kier molecular flexibility index (Phi) is 4.28. The molecular weight excluding hydrogens is 316 g/mol. The average Bonchev–Trinajstić information content (AvgIpc) is 3.23. The zero-order valence-corrected chi connectivity index (χ0v) is 13.0. The van der Waals surface area contributed by atoms with Gasteiger partial charge in [0.25, 0.3) is 0 Å². The van der Waals surface area contributed by atoms with Gasteiger partial charge in [0.05, 0.1) is 27.8 Å². The number of esters is 1. The average molecular weight is 326 g/mol. The minimum absolute atomic E-state index is 0.123. The smallest absolute Gasteiger partial charge is 0.338 e. The van der Waals surface area contributed by atoms with Gasteiger partial charge in [0.15, 0.2) is 0 Å². The predicted molar refractivity (Wildman–Crippen MR) is 85.7 cm³/mol.